The first-order valence-corrected chi connectivity index (χ1v) is 7.80. The Hall–Kier alpha value is -2.14. The van der Waals surface area contributed by atoms with Crippen LogP contribution in [0.4, 0.5) is 5.69 Å². The van der Waals surface area contributed by atoms with Gasteiger partial charge in [-0.15, -0.1) is 0 Å². The molecule has 3 rings (SSSR count). The molecule has 5 nitrogen and oxygen atoms in total. The summed E-state index contributed by atoms with van der Waals surface area (Å²) in [5, 5.41) is 2.79. The minimum absolute atomic E-state index is 0.0557. The standard InChI is InChI=1S/C17H22N4O/c1-3-20-10-8-16(12-20)21-11-9-18-17(21)14-4-6-15(7-5-14)19-13(2)22/h4-7,9,11,16H,3,8,10,12H2,1-2H3,(H,19,22). The first kappa shape index (κ1) is 14.8. The molecular formula is C17H22N4O. The molecule has 1 fully saturated rings. The maximum Gasteiger partial charge on any atom is 0.221 e. The minimum Gasteiger partial charge on any atom is -0.327 e. The van der Waals surface area contributed by atoms with E-state index in [0.29, 0.717) is 6.04 Å². The Bertz CT molecular complexity index is 647. The van der Waals surface area contributed by atoms with Gasteiger partial charge in [-0.25, -0.2) is 4.98 Å². The van der Waals surface area contributed by atoms with Gasteiger partial charge in [-0.1, -0.05) is 6.92 Å². The topological polar surface area (TPSA) is 50.2 Å². The summed E-state index contributed by atoms with van der Waals surface area (Å²) in [6.45, 7) is 7.06. The minimum atomic E-state index is -0.0557. The number of nitrogens with one attached hydrogen (secondary N) is 1. The number of likely N-dealkylation sites (N-methyl/N-ethyl adjacent to an activating group) is 1. The SMILES string of the molecule is CCN1CCC(n2ccnc2-c2ccc(NC(C)=O)cc2)C1. The molecular weight excluding hydrogens is 276 g/mol. The number of likely N-dealkylation sites (tertiary alicyclic amines) is 1. The third kappa shape index (κ3) is 3.04. The number of hydrogen-bond donors (Lipinski definition) is 1. The van der Waals surface area contributed by atoms with E-state index >= 15 is 0 Å². The van der Waals surface area contributed by atoms with E-state index in [1.54, 1.807) is 0 Å². The highest BCUT2D eigenvalue weighted by molar-refractivity contribution is 5.88. The molecule has 2 heterocycles. The van der Waals surface area contributed by atoms with Gasteiger partial charge in [0, 0.05) is 49.7 Å². The van der Waals surface area contributed by atoms with Crippen molar-refractivity contribution in [1.29, 1.82) is 0 Å². The molecule has 0 spiro atoms. The Balaban J connectivity index is 1.81. The van der Waals surface area contributed by atoms with Crippen molar-refractivity contribution in [2.75, 3.05) is 25.0 Å². The normalized spacial score (nSPS) is 18.5. The fourth-order valence-corrected chi connectivity index (χ4v) is 3.06. The van der Waals surface area contributed by atoms with Crippen molar-refractivity contribution < 1.29 is 4.79 Å². The van der Waals surface area contributed by atoms with Gasteiger partial charge in [0.2, 0.25) is 5.91 Å². The Morgan fingerprint density at radius 1 is 1.36 bits per heavy atom. The molecule has 0 bridgehead atoms. The number of rotatable bonds is 4. The molecule has 1 aliphatic heterocycles. The number of anilines is 1. The molecule has 1 N–H and O–H groups in total. The monoisotopic (exact) mass is 298 g/mol. The Kier molecular flexibility index (Phi) is 4.24. The van der Waals surface area contributed by atoms with E-state index in [1.807, 2.05) is 30.5 Å². The van der Waals surface area contributed by atoms with Crippen LogP contribution in [0.3, 0.4) is 0 Å². The van der Waals surface area contributed by atoms with Crippen LogP contribution in [-0.2, 0) is 4.79 Å². The number of imidazole rings is 1. The van der Waals surface area contributed by atoms with Gasteiger partial charge >= 0.3 is 0 Å². The number of amides is 1. The lowest BCUT2D eigenvalue weighted by atomic mass is 10.1. The van der Waals surface area contributed by atoms with Crippen molar-refractivity contribution in [2.45, 2.75) is 26.3 Å². The van der Waals surface area contributed by atoms with Crippen LogP contribution in [-0.4, -0.2) is 40.0 Å². The van der Waals surface area contributed by atoms with E-state index in [0.717, 1.165) is 36.7 Å². The average molecular weight is 298 g/mol. The number of carbonyl (C=O) groups is 1. The molecule has 5 heteroatoms. The fourth-order valence-electron chi connectivity index (χ4n) is 3.06. The van der Waals surface area contributed by atoms with Gasteiger partial charge in [0.1, 0.15) is 5.82 Å². The van der Waals surface area contributed by atoms with Gasteiger partial charge < -0.3 is 14.8 Å². The number of benzene rings is 1. The Labute approximate surface area is 131 Å². The zero-order valence-corrected chi connectivity index (χ0v) is 13.1. The number of carbonyl (C=O) groups excluding carboxylic acids is 1. The number of aromatic nitrogens is 2. The van der Waals surface area contributed by atoms with E-state index in [2.05, 4.69) is 32.9 Å². The fraction of sp³-hybridized carbons (Fsp3) is 0.412. The summed E-state index contributed by atoms with van der Waals surface area (Å²) in [4.78, 5) is 18.1. The van der Waals surface area contributed by atoms with Crippen molar-refractivity contribution >= 4 is 11.6 Å². The molecule has 1 saturated heterocycles. The van der Waals surface area contributed by atoms with Crippen LogP contribution < -0.4 is 5.32 Å². The van der Waals surface area contributed by atoms with Crippen molar-refractivity contribution in [3.63, 3.8) is 0 Å². The molecule has 1 aromatic carbocycles. The van der Waals surface area contributed by atoms with Crippen LogP contribution >= 0.6 is 0 Å². The summed E-state index contributed by atoms with van der Waals surface area (Å²) in [6, 6.07) is 8.35. The van der Waals surface area contributed by atoms with Gasteiger partial charge in [-0.05, 0) is 37.2 Å². The van der Waals surface area contributed by atoms with Crippen LogP contribution in [0.5, 0.6) is 0 Å². The van der Waals surface area contributed by atoms with E-state index in [9.17, 15) is 4.79 Å². The molecule has 1 aromatic heterocycles. The largest absolute Gasteiger partial charge is 0.327 e. The van der Waals surface area contributed by atoms with Gasteiger partial charge in [0.15, 0.2) is 0 Å². The predicted octanol–water partition coefficient (Wildman–Crippen LogP) is 2.78. The summed E-state index contributed by atoms with van der Waals surface area (Å²) in [7, 11) is 0. The molecule has 22 heavy (non-hydrogen) atoms. The van der Waals surface area contributed by atoms with Gasteiger partial charge in [-0.3, -0.25) is 4.79 Å². The zero-order chi connectivity index (χ0) is 15.5. The Morgan fingerprint density at radius 3 is 2.77 bits per heavy atom. The molecule has 2 aromatic rings. The van der Waals surface area contributed by atoms with Crippen LogP contribution in [0.15, 0.2) is 36.7 Å². The summed E-state index contributed by atoms with van der Waals surface area (Å²) in [5.41, 5.74) is 1.89. The maximum atomic E-state index is 11.1. The van der Waals surface area contributed by atoms with Crippen LogP contribution in [0, 0.1) is 0 Å². The predicted molar refractivity (Wildman–Crippen MR) is 87.7 cm³/mol. The van der Waals surface area contributed by atoms with E-state index < -0.39 is 0 Å². The lowest BCUT2D eigenvalue weighted by Crippen LogP contribution is -2.21. The van der Waals surface area contributed by atoms with E-state index in [-0.39, 0.29) is 5.91 Å². The lowest BCUT2D eigenvalue weighted by Gasteiger charge is -2.17. The molecule has 1 unspecified atom stereocenters. The van der Waals surface area contributed by atoms with Crippen LogP contribution in [0.2, 0.25) is 0 Å². The highest BCUT2D eigenvalue weighted by Gasteiger charge is 2.24. The number of hydrogen-bond acceptors (Lipinski definition) is 3. The number of nitrogens with zero attached hydrogens (tertiary/aromatic N) is 3. The van der Waals surface area contributed by atoms with Gasteiger partial charge in [0.25, 0.3) is 0 Å². The zero-order valence-electron chi connectivity index (χ0n) is 13.1. The third-order valence-electron chi connectivity index (χ3n) is 4.22. The van der Waals surface area contributed by atoms with Gasteiger partial charge in [0.05, 0.1) is 0 Å². The Morgan fingerprint density at radius 2 is 2.14 bits per heavy atom. The first-order chi connectivity index (χ1) is 10.7. The lowest BCUT2D eigenvalue weighted by molar-refractivity contribution is -0.114. The molecule has 1 atom stereocenters. The summed E-state index contributed by atoms with van der Waals surface area (Å²) in [5.74, 6) is 0.942. The highest BCUT2D eigenvalue weighted by Crippen LogP contribution is 2.28. The molecule has 1 amide bonds. The van der Waals surface area contributed by atoms with Crippen molar-refractivity contribution in [1.82, 2.24) is 14.5 Å². The first-order valence-electron chi connectivity index (χ1n) is 7.80. The second-order valence-corrected chi connectivity index (χ2v) is 5.75. The van der Waals surface area contributed by atoms with Crippen LogP contribution in [0.25, 0.3) is 11.4 Å². The maximum absolute atomic E-state index is 11.1. The molecule has 0 aliphatic carbocycles. The quantitative estimate of drug-likeness (QED) is 0.944. The summed E-state index contributed by atoms with van der Waals surface area (Å²) in [6.07, 6.45) is 5.10. The summed E-state index contributed by atoms with van der Waals surface area (Å²) >= 11 is 0. The highest BCUT2D eigenvalue weighted by atomic mass is 16.1. The molecule has 116 valence electrons. The molecule has 0 saturated carbocycles. The van der Waals surface area contributed by atoms with Crippen molar-refractivity contribution in [3.8, 4) is 11.4 Å². The second-order valence-electron chi connectivity index (χ2n) is 5.75. The van der Waals surface area contributed by atoms with Crippen molar-refractivity contribution in [2.24, 2.45) is 0 Å². The van der Waals surface area contributed by atoms with E-state index in [1.165, 1.54) is 13.3 Å². The molecule has 0 radical (unpaired) electrons. The van der Waals surface area contributed by atoms with Crippen LogP contribution in [0.1, 0.15) is 26.3 Å². The van der Waals surface area contributed by atoms with Gasteiger partial charge in [-0.2, -0.15) is 0 Å². The smallest absolute Gasteiger partial charge is 0.221 e. The van der Waals surface area contributed by atoms with E-state index in [4.69, 9.17) is 0 Å². The second kappa shape index (κ2) is 6.32. The third-order valence-corrected chi connectivity index (χ3v) is 4.22. The average Bonchev–Trinajstić information content (AvgIpc) is 3.16. The van der Waals surface area contributed by atoms with Crippen molar-refractivity contribution in [3.05, 3.63) is 36.7 Å². The molecule has 1 aliphatic rings. The summed E-state index contributed by atoms with van der Waals surface area (Å²) < 4.78 is 2.28.